The van der Waals surface area contributed by atoms with Crippen molar-refractivity contribution in [3.05, 3.63) is 119 Å². The van der Waals surface area contributed by atoms with Gasteiger partial charge in [-0.05, 0) is 58.9 Å². The Hall–Kier alpha value is -4.18. The number of aryl methyl sites for hydroxylation is 1. The fourth-order valence-corrected chi connectivity index (χ4v) is 7.20. The SMILES string of the molecule is Cc1ccc(-c2cnc(NC(=O)C3(C)CC4(C)c5ccccc5C3c3ccccc34)[nH]2)c2ccccc12. The Morgan fingerprint density at radius 2 is 1.49 bits per heavy atom. The molecule has 0 radical (unpaired) electrons. The van der Waals surface area contributed by atoms with Crippen LogP contribution in [0.3, 0.4) is 0 Å². The third-order valence-corrected chi connectivity index (χ3v) is 8.85. The number of aromatic nitrogens is 2. The number of rotatable bonds is 3. The molecule has 0 aliphatic heterocycles. The Labute approximate surface area is 216 Å². The van der Waals surface area contributed by atoms with Crippen molar-refractivity contribution < 1.29 is 4.79 Å². The van der Waals surface area contributed by atoms with Crippen molar-refractivity contribution in [3.8, 4) is 11.3 Å². The number of anilines is 1. The standard InChI is InChI=1S/C33H29N3O/c1-20-16-17-23(22-11-5-4-10-21(20)22)28-18-34-31(35-28)36-30(37)33(3)19-32(2)26-14-8-6-12-24(26)29(33)25-13-7-9-15-27(25)32/h4-18,29H,19H2,1-3H3,(H2,34,35,36,37). The summed E-state index contributed by atoms with van der Waals surface area (Å²) in [5.74, 6) is 0.485. The minimum atomic E-state index is -0.610. The van der Waals surface area contributed by atoms with E-state index in [1.807, 2.05) is 6.20 Å². The van der Waals surface area contributed by atoms with E-state index in [9.17, 15) is 4.79 Å². The Morgan fingerprint density at radius 3 is 2.19 bits per heavy atom. The molecule has 37 heavy (non-hydrogen) atoms. The Kier molecular flexibility index (Phi) is 4.56. The number of aromatic amines is 1. The van der Waals surface area contributed by atoms with Crippen molar-refractivity contribution in [2.24, 2.45) is 5.41 Å². The molecule has 4 heteroatoms. The molecule has 1 amide bonds. The van der Waals surface area contributed by atoms with Gasteiger partial charge in [-0.3, -0.25) is 10.1 Å². The molecule has 0 fully saturated rings. The van der Waals surface area contributed by atoms with Crippen molar-refractivity contribution in [2.75, 3.05) is 5.32 Å². The van der Waals surface area contributed by atoms with E-state index < -0.39 is 5.41 Å². The van der Waals surface area contributed by atoms with E-state index in [-0.39, 0.29) is 17.2 Å². The van der Waals surface area contributed by atoms with Crippen LogP contribution in [0.1, 0.15) is 54.0 Å². The first-order valence-electron chi connectivity index (χ1n) is 12.9. The molecule has 1 heterocycles. The zero-order valence-corrected chi connectivity index (χ0v) is 21.3. The Morgan fingerprint density at radius 1 is 0.865 bits per heavy atom. The maximum Gasteiger partial charge on any atom is 0.233 e. The summed E-state index contributed by atoms with van der Waals surface area (Å²) in [6.45, 7) is 6.54. The van der Waals surface area contributed by atoms with Crippen molar-refractivity contribution in [2.45, 2.75) is 38.5 Å². The highest BCUT2D eigenvalue weighted by Crippen LogP contribution is 2.63. The van der Waals surface area contributed by atoms with Gasteiger partial charge < -0.3 is 4.98 Å². The molecule has 0 saturated carbocycles. The van der Waals surface area contributed by atoms with Gasteiger partial charge in [-0.25, -0.2) is 4.98 Å². The first kappa shape index (κ1) is 22.1. The summed E-state index contributed by atoms with van der Waals surface area (Å²) in [5.41, 5.74) is 7.59. The van der Waals surface area contributed by atoms with Crippen molar-refractivity contribution in [1.29, 1.82) is 0 Å². The van der Waals surface area contributed by atoms with Crippen LogP contribution in [-0.4, -0.2) is 15.9 Å². The van der Waals surface area contributed by atoms with Gasteiger partial charge in [-0.2, -0.15) is 0 Å². The molecule has 1 atom stereocenters. The maximum atomic E-state index is 14.1. The van der Waals surface area contributed by atoms with Gasteiger partial charge >= 0.3 is 0 Å². The number of carbonyl (C=O) groups is 1. The van der Waals surface area contributed by atoms with Gasteiger partial charge in [0, 0.05) is 16.9 Å². The van der Waals surface area contributed by atoms with Crippen LogP contribution >= 0.6 is 0 Å². The first-order valence-corrected chi connectivity index (χ1v) is 12.9. The molecule has 0 saturated heterocycles. The van der Waals surface area contributed by atoms with E-state index >= 15 is 0 Å². The summed E-state index contributed by atoms with van der Waals surface area (Å²) in [7, 11) is 0. The summed E-state index contributed by atoms with van der Waals surface area (Å²) >= 11 is 0. The molecular weight excluding hydrogens is 454 g/mol. The molecule has 3 aliphatic carbocycles. The molecule has 4 nitrogen and oxygen atoms in total. The number of carbonyl (C=O) groups excluding carboxylic acids is 1. The second-order valence-corrected chi connectivity index (χ2v) is 11.1. The first-order chi connectivity index (χ1) is 17.9. The maximum absolute atomic E-state index is 14.1. The van der Waals surface area contributed by atoms with E-state index in [2.05, 4.69) is 121 Å². The smallest absolute Gasteiger partial charge is 0.233 e. The van der Waals surface area contributed by atoms with E-state index in [0.29, 0.717) is 5.95 Å². The third-order valence-electron chi connectivity index (χ3n) is 8.85. The van der Waals surface area contributed by atoms with Crippen LogP contribution in [0.4, 0.5) is 5.95 Å². The van der Waals surface area contributed by atoms with Gasteiger partial charge in [0.05, 0.1) is 17.3 Å². The second kappa shape index (κ2) is 7.66. The number of nitrogens with zero attached hydrogens (tertiary/aromatic N) is 1. The molecule has 4 aromatic carbocycles. The lowest BCUT2D eigenvalue weighted by Gasteiger charge is -2.55. The Bertz CT molecular complexity index is 1670. The van der Waals surface area contributed by atoms with Gasteiger partial charge in [-0.15, -0.1) is 0 Å². The van der Waals surface area contributed by atoms with E-state index in [1.54, 1.807) is 0 Å². The zero-order valence-electron chi connectivity index (χ0n) is 21.3. The highest BCUT2D eigenvalue weighted by Gasteiger charge is 2.58. The van der Waals surface area contributed by atoms with Crippen LogP contribution in [0.2, 0.25) is 0 Å². The number of benzene rings is 4. The van der Waals surface area contributed by atoms with Crippen LogP contribution in [-0.2, 0) is 10.2 Å². The summed E-state index contributed by atoms with van der Waals surface area (Å²) in [6.07, 6.45) is 2.56. The molecule has 0 spiro atoms. The molecule has 2 N–H and O–H groups in total. The quantitative estimate of drug-likeness (QED) is 0.282. The van der Waals surface area contributed by atoms with Gasteiger partial charge in [0.25, 0.3) is 0 Å². The molecule has 5 aromatic rings. The topological polar surface area (TPSA) is 57.8 Å². The van der Waals surface area contributed by atoms with E-state index in [0.717, 1.165) is 17.7 Å². The number of imidazole rings is 1. The fraction of sp³-hybridized carbons (Fsp3) is 0.212. The molecule has 3 aliphatic rings. The number of amides is 1. The van der Waals surface area contributed by atoms with Crippen molar-refractivity contribution >= 4 is 22.6 Å². The highest BCUT2D eigenvalue weighted by molar-refractivity contribution is 5.99. The highest BCUT2D eigenvalue weighted by atomic mass is 16.2. The predicted molar refractivity (Wildman–Crippen MR) is 149 cm³/mol. The van der Waals surface area contributed by atoms with Gasteiger partial charge in [0.2, 0.25) is 11.9 Å². The van der Waals surface area contributed by atoms with Gasteiger partial charge in [0.15, 0.2) is 0 Å². The number of hydrogen-bond donors (Lipinski definition) is 2. The molecular formula is C33H29N3O. The Balaban J connectivity index is 1.26. The van der Waals surface area contributed by atoms with Crippen LogP contribution in [0.15, 0.2) is 91.1 Å². The van der Waals surface area contributed by atoms with Gasteiger partial charge in [-0.1, -0.05) is 91.9 Å². The van der Waals surface area contributed by atoms with Crippen molar-refractivity contribution in [1.82, 2.24) is 9.97 Å². The second-order valence-electron chi connectivity index (χ2n) is 11.1. The normalized spacial score (nSPS) is 23.5. The number of fused-ring (bicyclic) bond motifs is 2. The van der Waals surface area contributed by atoms with Crippen LogP contribution in [0.25, 0.3) is 22.0 Å². The number of H-pyrrole nitrogens is 1. The molecule has 2 bridgehead atoms. The van der Waals surface area contributed by atoms with Crippen LogP contribution in [0, 0.1) is 12.3 Å². The molecule has 1 aromatic heterocycles. The minimum Gasteiger partial charge on any atom is -0.324 e. The molecule has 8 rings (SSSR count). The minimum absolute atomic E-state index is 0.00222. The largest absolute Gasteiger partial charge is 0.324 e. The lowest BCUT2D eigenvalue weighted by atomic mass is 9.47. The summed E-state index contributed by atoms with van der Waals surface area (Å²) < 4.78 is 0. The lowest BCUT2D eigenvalue weighted by Crippen LogP contribution is -2.53. The summed E-state index contributed by atoms with van der Waals surface area (Å²) in [6, 6.07) is 29.9. The van der Waals surface area contributed by atoms with E-state index in [1.165, 1.54) is 38.6 Å². The zero-order chi connectivity index (χ0) is 25.4. The average Bonchev–Trinajstić information content (AvgIpc) is 3.37. The summed E-state index contributed by atoms with van der Waals surface area (Å²) in [5, 5.41) is 5.55. The van der Waals surface area contributed by atoms with E-state index in [4.69, 9.17) is 0 Å². The number of nitrogens with one attached hydrogen (secondary N) is 2. The van der Waals surface area contributed by atoms with Crippen molar-refractivity contribution in [3.63, 3.8) is 0 Å². The van der Waals surface area contributed by atoms with Crippen LogP contribution < -0.4 is 5.32 Å². The van der Waals surface area contributed by atoms with Crippen LogP contribution in [0.5, 0.6) is 0 Å². The number of hydrogen-bond acceptors (Lipinski definition) is 2. The fourth-order valence-electron chi connectivity index (χ4n) is 7.20. The summed E-state index contributed by atoms with van der Waals surface area (Å²) in [4.78, 5) is 22.0. The van der Waals surface area contributed by atoms with Gasteiger partial charge in [0.1, 0.15) is 0 Å². The third kappa shape index (κ3) is 3.02. The lowest BCUT2D eigenvalue weighted by molar-refractivity contribution is -0.127. The molecule has 1 unspecified atom stereocenters. The average molecular weight is 484 g/mol. The predicted octanol–water partition coefficient (Wildman–Crippen LogP) is 7.34. The monoisotopic (exact) mass is 483 g/mol. The molecule has 182 valence electrons.